The van der Waals surface area contributed by atoms with Crippen molar-refractivity contribution in [3.8, 4) is 11.5 Å². The van der Waals surface area contributed by atoms with E-state index in [1.165, 1.54) is 10.4 Å². The molecule has 0 spiro atoms. The van der Waals surface area contributed by atoms with Crippen LogP contribution < -0.4 is 14.8 Å². The van der Waals surface area contributed by atoms with E-state index in [0.29, 0.717) is 6.61 Å². The average Bonchev–Trinajstić information content (AvgIpc) is 3.29. The molecular formula is C21H28Cl2N2O2S2. The van der Waals surface area contributed by atoms with Crippen LogP contribution in [0.2, 0.25) is 0 Å². The molecule has 160 valence electrons. The molecule has 1 unspecified atom stereocenters. The van der Waals surface area contributed by atoms with Crippen LogP contribution in [0.1, 0.15) is 39.7 Å². The van der Waals surface area contributed by atoms with Gasteiger partial charge in [0.1, 0.15) is 5.01 Å². The molecule has 2 aromatic heterocycles. The minimum absolute atomic E-state index is 0. The van der Waals surface area contributed by atoms with Crippen molar-refractivity contribution in [2.45, 2.75) is 39.8 Å². The SMILES string of the molecule is CCOc1ccc(CNC(Cc2ccsc2)c2nc(C)c(C)s2)cc1OC.Cl.Cl. The van der Waals surface area contributed by atoms with Crippen LogP contribution in [-0.2, 0) is 13.0 Å². The van der Waals surface area contributed by atoms with Gasteiger partial charge in [0.15, 0.2) is 11.5 Å². The van der Waals surface area contributed by atoms with E-state index in [-0.39, 0.29) is 30.9 Å². The molecule has 4 nitrogen and oxygen atoms in total. The highest BCUT2D eigenvalue weighted by molar-refractivity contribution is 7.11. The predicted molar refractivity (Wildman–Crippen MR) is 128 cm³/mol. The Morgan fingerprint density at radius 2 is 1.90 bits per heavy atom. The number of halogens is 2. The van der Waals surface area contributed by atoms with Gasteiger partial charge in [-0.1, -0.05) is 6.07 Å². The molecule has 0 aliphatic heterocycles. The number of ether oxygens (including phenoxy) is 2. The van der Waals surface area contributed by atoms with Gasteiger partial charge in [-0.25, -0.2) is 4.98 Å². The number of nitrogens with zero attached hydrogens (tertiary/aromatic N) is 1. The van der Waals surface area contributed by atoms with Crippen LogP contribution in [0.3, 0.4) is 0 Å². The van der Waals surface area contributed by atoms with E-state index < -0.39 is 0 Å². The molecule has 0 aliphatic rings. The zero-order valence-corrected chi connectivity index (χ0v) is 20.3. The fraction of sp³-hybridized carbons (Fsp3) is 0.381. The third-order valence-corrected chi connectivity index (χ3v) is 6.36. The molecule has 0 radical (unpaired) electrons. The lowest BCUT2D eigenvalue weighted by atomic mass is 10.1. The fourth-order valence-corrected chi connectivity index (χ4v) is 4.56. The molecule has 0 saturated carbocycles. The molecule has 3 aromatic rings. The van der Waals surface area contributed by atoms with Crippen LogP contribution in [0.5, 0.6) is 11.5 Å². The van der Waals surface area contributed by atoms with Crippen molar-refractivity contribution in [2.24, 2.45) is 0 Å². The first kappa shape index (κ1) is 25.7. The van der Waals surface area contributed by atoms with Crippen LogP contribution in [0.25, 0.3) is 0 Å². The molecule has 0 amide bonds. The van der Waals surface area contributed by atoms with Crippen molar-refractivity contribution in [1.82, 2.24) is 10.3 Å². The highest BCUT2D eigenvalue weighted by Crippen LogP contribution is 2.30. The number of thiophene rings is 1. The zero-order valence-electron chi connectivity index (χ0n) is 17.1. The van der Waals surface area contributed by atoms with Crippen molar-refractivity contribution >= 4 is 47.5 Å². The number of aryl methyl sites for hydroxylation is 2. The van der Waals surface area contributed by atoms with Gasteiger partial charge < -0.3 is 14.8 Å². The van der Waals surface area contributed by atoms with Crippen molar-refractivity contribution < 1.29 is 9.47 Å². The summed E-state index contributed by atoms with van der Waals surface area (Å²) < 4.78 is 11.1. The highest BCUT2D eigenvalue weighted by Gasteiger charge is 2.18. The van der Waals surface area contributed by atoms with Crippen LogP contribution in [-0.4, -0.2) is 18.7 Å². The number of nitrogens with one attached hydrogen (secondary N) is 1. The number of benzene rings is 1. The number of thiazole rings is 1. The lowest BCUT2D eigenvalue weighted by molar-refractivity contribution is 0.310. The Labute approximate surface area is 193 Å². The largest absolute Gasteiger partial charge is 0.493 e. The van der Waals surface area contributed by atoms with Gasteiger partial charge >= 0.3 is 0 Å². The molecule has 2 heterocycles. The normalized spacial score (nSPS) is 11.3. The van der Waals surface area contributed by atoms with Crippen molar-refractivity contribution in [2.75, 3.05) is 13.7 Å². The zero-order chi connectivity index (χ0) is 19.2. The summed E-state index contributed by atoms with van der Waals surface area (Å²) in [5.74, 6) is 1.55. The number of rotatable bonds is 9. The summed E-state index contributed by atoms with van der Waals surface area (Å²) in [5.41, 5.74) is 3.62. The lowest BCUT2D eigenvalue weighted by Crippen LogP contribution is -2.23. The third kappa shape index (κ3) is 6.86. The average molecular weight is 476 g/mol. The molecule has 1 N–H and O–H groups in total. The first-order chi connectivity index (χ1) is 13.1. The highest BCUT2D eigenvalue weighted by atomic mass is 35.5. The van der Waals surface area contributed by atoms with E-state index in [2.05, 4.69) is 42.1 Å². The monoisotopic (exact) mass is 474 g/mol. The van der Waals surface area contributed by atoms with Crippen molar-refractivity contribution in [1.29, 1.82) is 0 Å². The second-order valence-electron chi connectivity index (χ2n) is 6.38. The van der Waals surface area contributed by atoms with E-state index in [9.17, 15) is 0 Å². The standard InChI is InChI=1S/C21H26N2O2S2.2ClH/c1-5-25-19-7-6-16(11-20(19)24-4)12-22-18(10-17-8-9-26-13-17)21-23-14(2)15(3)27-21;;/h6-9,11,13,18,22H,5,10,12H2,1-4H3;2*1H. The molecule has 0 aliphatic carbocycles. The van der Waals surface area contributed by atoms with Gasteiger partial charge in [0, 0.05) is 11.4 Å². The Kier molecular flexibility index (Phi) is 11.0. The summed E-state index contributed by atoms with van der Waals surface area (Å²) in [5, 5.41) is 9.17. The molecule has 1 atom stereocenters. The maximum atomic E-state index is 5.61. The summed E-state index contributed by atoms with van der Waals surface area (Å²) in [4.78, 5) is 6.07. The number of hydrogen-bond donors (Lipinski definition) is 1. The van der Waals surface area contributed by atoms with Gasteiger partial charge in [-0.15, -0.1) is 36.2 Å². The van der Waals surface area contributed by atoms with E-state index >= 15 is 0 Å². The molecule has 0 bridgehead atoms. The molecule has 8 heteroatoms. The van der Waals surface area contributed by atoms with Crippen LogP contribution in [0.15, 0.2) is 35.0 Å². The van der Waals surface area contributed by atoms with E-state index in [1.54, 1.807) is 29.8 Å². The van der Waals surface area contributed by atoms with Crippen molar-refractivity contribution in [3.63, 3.8) is 0 Å². The minimum Gasteiger partial charge on any atom is -0.493 e. The topological polar surface area (TPSA) is 43.4 Å². The maximum Gasteiger partial charge on any atom is 0.161 e. The maximum absolute atomic E-state index is 5.61. The summed E-state index contributed by atoms with van der Waals surface area (Å²) >= 11 is 3.52. The van der Waals surface area contributed by atoms with Crippen molar-refractivity contribution in [3.05, 3.63) is 61.7 Å². The first-order valence-electron chi connectivity index (χ1n) is 9.08. The second-order valence-corrected chi connectivity index (χ2v) is 8.40. The summed E-state index contributed by atoms with van der Waals surface area (Å²) in [6, 6.07) is 8.48. The molecule has 0 fully saturated rings. The fourth-order valence-electron chi connectivity index (χ4n) is 2.88. The van der Waals surface area contributed by atoms with E-state index in [0.717, 1.165) is 40.7 Å². The summed E-state index contributed by atoms with van der Waals surface area (Å²) in [6.07, 6.45) is 0.935. The van der Waals surface area contributed by atoms with Crippen LogP contribution in [0.4, 0.5) is 0 Å². The number of aromatic nitrogens is 1. The summed E-state index contributed by atoms with van der Waals surface area (Å²) in [6.45, 7) is 7.56. The molecule has 3 rings (SSSR count). The van der Waals surface area contributed by atoms with E-state index in [4.69, 9.17) is 14.5 Å². The van der Waals surface area contributed by atoms with Gasteiger partial charge in [-0.3, -0.25) is 0 Å². The Morgan fingerprint density at radius 1 is 1.10 bits per heavy atom. The number of methoxy groups -OCH3 is 1. The Hall–Kier alpha value is -1.31. The second kappa shape index (κ2) is 12.4. The minimum atomic E-state index is 0. The smallest absolute Gasteiger partial charge is 0.161 e. The van der Waals surface area contributed by atoms with E-state index in [1.807, 2.05) is 19.1 Å². The van der Waals surface area contributed by atoms with Gasteiger partial charge in [0.2, 0.25) is 0 Å². The molecule has 0 saturated heterocycles. The first-order valence-corrected chi connectivity index (χ1v) is 10.8. The van der Waals surface area contributed by atoms with Gasteiger partial charge in [0.25, 0.3) is 0 Å². The summed E-state index contributed by atoms with van der Waals surface area (Å²) in [7, 11) is 1.68. The Morgan fingerprint density at radius 3 is 2.48 bits per heavy atom. The third-order valence-electron chi connectivity index (χ3n) is 4.44. The van der Waals surface area contributed by atoms with Gasteiger partial charge in [-0.2, -0.15) is 11.3 Å². The number of hydrogen-bond acceptors (Lipinski definition) is 6. The van der Waals surface area contributed by atoms with Crippen LogP contribution >= 0.6 is 47.5 Å². The molecule has 1 aromatic carbocycles. The Bertz CT molecular complexity index is 850. The Balaban J connectivity index is 0.00000210. The predicted octanol–water partition coefficient (Wildman–Crippen LogP) is 6.15. The van der Waals surface area contributed by atoms with Crippen LogP contribution in [0, 0.1) is 13.8 Å². The van der Waals surface area contributed by atoms with Gasteiger partial charge in [-0.05, 0) is 67.3 Å². The molecule has 29 heavy (non-hydrogen) atoms. The van der Waals surface area contributed by atoms with Gasteiger partial charge in [0.05, 0.1) is 25.5 Å². The molecular weight excluding hydrogens is 447 g/mol. The lowest BCUT2D eigenvalue weighted by Gasteiger charge is -2.17. The quantitative estimate of drug-likeness (QED) is 0.403.